The number of hydrogen-bond acceptors (Lipinski definition) is 5. The standard InChI is InChI=1S/C18H24N4O2/c1-5-6-16-15(11-13-7-9-14(19)10-8-13)17(21-12(2)20-16)24-18(23)22(3)4/h7-10H,5-6,11,19H2,1-4H3. The van der Waals surface area contributed by atoms with Crippen molar-refractivity contribution in [3.63, 3.8) is 0 Å². The molecule has 128 valence electrons. The molecule has 6 nitrogen and oxygen atoms in total. The van der Waals surface area contributed by atoms with Crippen LogP contribution in [0.4, 0.5) is 10.5 Å². The summed E-state index contributed by atoms with van der Waals surface area (Å²) >= 11 is 0. The van der Waals surface area contributed by atoms with Crippen LogP contribution in [0.1, 0.15) is 36.0 Å². The van der Waals surface area contributed by atoms with Crippen molar-refractivity contribution < 1.29 is 9.53 Å². The molecule has 2 aromatic rings. The smallest absolute Gasteiger partial charge is 0.399 e. The predicted molar refractivity (Wildman–Crippen MR) is 94.1 cm³/mol. The van der Waals surface area contributed by atoms with Crippen LogP contribution in [0.25, 0.3) is 0 Å². The summed E-state index contributed by atoms with van der Waals surface area (Å²) < 4.78 is 5.48. The Hall–Kier alpha value is -2.63. The van der Waals surface area contributed by atoms with Crippen LogP contribution in [0.2, 0.25) is 0 Å². The normalized spacial score (nSPS) is 10.5. The van der Waals surface area contributed by atoms with E-state index in [4.69, 9.17) is 10.5 Å². The van der Waals surface area contributed by atoms with Gasteiger partial charge in [0.25, 0.3) is 0 Å². The van der Waals surface area contributed by atoms with Gasteiger partial charge in [-0.05, 0) is 31.0 Å². The Morgan fingerprint density at radius 3 is 2.46 bits per heavy atom. The average molecular weight is 328 g/mol. The van der Waals surface area contributed by atoms with E-state index in [1.807, 2.05) is 24.3 Å². The average Bonchev–Trinajstić information content (AvgIpc) is 2.52. The van der Waals surface area contributed by atoms with Crippen LogP contribution < -0.4 is 10.5 Å². The summed E-state index contributed by atoms with van der Waals surface area (Å²) in [5, 5.41) is 0. The van der Waals surface area contributed by atoms with Gasteiger partial charge in [0.1, 0.15) is 5.82 Å². The lowest BCUT2D eigenvalue weighted by Crippen LogP contribution is -2.26. The first-order chi connectivity index (χ1) is 11.4. The quantitative estimate of drug-likeness (QED) is 0.853. The number of amides is 1. The summed E-state index contributed by atoms with van der Waals surface area (Å²) in [5.74, 6) is 0.933. The van der Waals surface area contributed by atoms with E-state index < -0.39 is 6.09 Å². The molecule has 0 saturated carbocycles. The minimum Gasteiger partial charge on any atom is -0.399 e. The number of rotatable bonds is 5. The van der Waals surface area contributed by atoms with Crippen molar-refractivity contribution in [1.82, 2.24) is 14.9 Å². The largest absolute Gasteiger partial charge is 0.416 e. The summed E-state index contributed by atoms with van der Waals surface area (Å²) in [6.07, 6.45) is 1.90. The van der Waals surface area contributed by atoms with Gasteiger partial charge in [-0.25, -0.2) is 9.78 Å². The van der Waals surface area contributed by atoms with Gasteiger partial charge >= 0.3 is 6.09 Å². The van der Waals surface area contributed by atoms with E-state index in [9.17, 15) is 4.79 Å². The van der Waals surface area contributed by atoms with Gasteiger partial charge in [0.05, 0.1) is 5.69 Å². The molecule has 24 heavy (non-hydrogen) atoms. The highest BCUT2D eigenvalue weighted by Gasteiger charge is 2.18. The molecule has 1 heterocycles. The summed E-state index contributed by atoms with van der Waals surface area (Å²) in [7, 11) is 3.28. The molecular formula is C18H24N4O2. The van der Waals surface area contributed by atoms with Crippen molar-refractivity contribution in [3.05, 3.63) is 46.9 Å². The number of aromatic nitrogens is 2. The minimum atomic E-state index is -0.450. The molecule has 0 bridgehead atoms. The Morgan fingerprint density at radius 2 is 1.88 bits per heavy atom. The van der Waals surface area contributed by atoms with Crippen LogP contribution in [-0.2, 0) is 12.8 Å². The number of nitrogens with two attached hydrogens (primary N) is 1. The van der Waals surface area contributed by atoms with E-state index in [1.54, 1.807) is 21.0 Å². The first kappa shape index (κ1) is 17.7. The monoisotopic (exact) mass is 328 g/mol. The Kier molecular flexibility index (Phi) is 5.73. The molecular weight excluding hydrogens is 304 g/mol. The van der Waals surface area contributed by atoms with Crippen LogP contribution in [0.5, 0.6) is 5.88 Å². The number of ether oxygens (including phenoxy) is 1. The fourth-order valence-corrected chi connectivity index (χ4v) is 2.34. The predicted octanol–water partition coefficient (Wildman–Crippen LogP) is 2.97. The maximum Gasteiger partial charge on any atom is 0.416 e. The van der Waals surface area contributed by atoms with E-state index in [-0.39, 0.29) is 0 Å². The van der Waals surface area contributed by atoms with Crippen LogP contribution >= 0.6 is 0 Å². The van der Waals surface area contributed by atoms with Crippen LogP contribution in [0, 0.1) is 6.92 Å². The molecule has 0 radical (unpaired) electrons. The molecule has 1 aromatic carbocycles. The van der Waals surface area contributed by atoms with Crippen molar-refractivity contribution in [1.29, 1.82) is 0 Å². The van der Waals surface area contributed by atoms with Gasteiger partial charge in [0.2, 0.25) is 5.88 Å². The van der Waals surface area contributed by atoms with E-state index in [2.05, 4.69) is 16.9 Å². The van der Waals surface area contributed by atoms with E-state index in [0.29, 0.717) is 23.8 Å². The zero-order valence-corrected chi connectivity index (χ0v) is 14.7. The highest BCUT2D eigenvalue weighted by molar-refractivity contribution is 5.70. The van der Waals surface area contributed by atoms with Crippen molar-refractivity contribution in [3.8, 4) is 5.88 Å². The lowest BCUT2D eigenvalue weighted by Gasteiger charge is -2.16. The van der Waals surface area contributed by atoms with Gasteiger partial charge in [-0.3, -0.25) is 0 Å². The number of carbonyl (C=O) groups excluding carboxylic acids is 1. The zero-order valence-electron chi connectivity index (χ0n) is 14.7. The summed E-state index contributed by atoms with van der Waals surface area (Å²) in [6, 6.07) is 7.63. The molecule has 0 aliphatic rings. The fourth-order valence-electron chi connectivity index (χ4n) is 2.34. The van der Waals surface area contributed by atoms with E-state index in [0.717, 1.165) is 29.7 Å². The molecule has 6 heteroatoms. The van der Waals surface area contributed by atoms with Gasteiger partial charge in [-0.1, -0.05) is 25.5 Å². The van der Waals surface area contributed by atoms with Gasteiger partial charge < -0.3 is 15.4 Å². The SMILES string of the molecule is CCCc1nc(C)nc(OC(=O)N(C)C)c1Cc1ccc(N)cc1. The molecule has 2 rings (SSSR count). The van der Waals surface area contributed by atoms with E-state index >= 15 is 0 Å². The van der Waals surface area contributed by atoms with Crippen LogP contribution in [-0.4, -0.2) is 35.1 Å². The van der Waals surface area contributed by atoms with Crippen LogP contribution in [0.3, 0.4) is 0 Å². The topological polar surface area (TPSA) is 81.3 Å². The van der Waals surface area contributed by atoms with Crippen molar-refractivity contribution in [2.45, 2.75) is 33.1 Å². The molecule has 0 saturated heterocycles. The zero-order chi connectivity index (χ0) is 17.7. The number of hydrogen-bond donors (Lipinski definition) is 1. The molecule has 0 atom stereocenters. The first-order valence-corrected chi connectivity index (χ1v) is 8.00. The number of aryl methyl sites for hydroxylation is 2. The molecule has 1 aromatic heterocycles. The molecule has 0 aliphatic carbocycles. The van der Waals surface area contributed by atoms with Crippen molar-refractivity contribution >= 4 is 11.8 Å². The highest BCUT2D eigenvalue weighted by atomic mass is 16.6. The third kappa shape index (κ3) is 4.44. The molecule has 2 N–H and O–H groups in total. The number of benzene rings is 1. The third-order valence-corrected chi connectivity index (χ3v) is 3.56. The second kappa shape index (κ2) is 7.77. The summed E-state index contributed by atoms with van der Waals surface area (Å²) in [5.41, 5.74) is 9.30. The van der Waals surface area contributed by atoms with Crippen molar-refractivity contribution in [2.75, 3.05) is 19.8 Å². The Labute approximate surface area is 142 Å². The van der Waals surface area contributed by atoms with Gasteiger partial charge in [0, 0.05) is 31.8 Å². The second-order valence-corrected chi connectivity index (χ2v) is 5.93. The summed E-state index contributed by atoms with van der Waals surface area (Å²) in [4.78, 5) is 22.2. The highest BCUT2D eigenvalue weighted by Crippen LogP contribution is 2.25. The van der Waals surface area contributed by atoms with Gasteiger partial charge in [-0.2, -0.15) is 4.98 Å². The maximum absolute atomic E-state index is 12.0. The second-order valence-electron chi connectivity index (χ2n) is 5.93. The third-order valence-electron chi connectivity index (χ3n) is 3.56. The Balaban J connectivity index is 2.43. The van der Waals surface area contributed by atoms with Crippen LogP contribution in [0.15, 0.2) is 24.3 Å². The number of carbonyl (C=O) groups is 1. The number of anilines is 1. The van der Waals surface area contributed by atoms with Gasteiger partial charge in [-0.15, -0.1) is 0 Å². The Morgan fingerprint density at radius 1 is 1.21 bits per heavy atom. The number of nitrogen functional groups attached to an aromatic ring is 1. The molecule has 0 fully saturated rings. The molecule has 1 amide bonds. The molecule has 0 spiro atoms. The lowest BCUT2D eigenvalue weighted by atomic mass is 10.0. The van der Waals surface area contributed by atoms with Gasteiger partial charge in [0.15, 0.2) is 0 Å². The first-order valence-electron chi connectivity index (χ1n) is 8.00. The molecule has 0 aliphatic heterocycles. The lowest BCUT2D eigenvalue weighted by molar-refractivity contribution is 0.169. The maximum atomic E-state index is 12.0. The molecule has 0 unspecified atom stereocenters. The summed E-state index contributed by atoms with van der Waals surface area (Å²) in [6.45, 7) is 3.90. The fraction of sp³-hybridized carbons (Fsp3) is 0.389. The van der Waals surface area contributed by atoms with Crippen molar-refractivity contribution in [2.24, 2.45) is 0 Å². The Bertz CT molecular complexity index is 712. The van der Waals surface area contributed by atoms with E-state index in [1.165, 1.54) is 4.90 Å². The minimum absolute atomic E-state index is 0.335. The number of nitrogens with zero attached hydrogens (tertiary/aromatic N) is 3.